The summed E-state index contributed by atoms with van der Waals surface area (Å²) < 4.78 is 0. The van der Waals surface area contributed by atoms with Crippen molar-refractivity contribution in [3.05, 3.63) is 0 Å². The van der Waals surface area contributed by atoms with Gasteiger partial charge < -0.3 is 4.90 Å². The lowest BCUT2D eigenvalue weighted by atomic mass is 9.46. The molecule has 0 spiro atoms. The Morgan fingerprint density at radius 1 is 0.424 bits per heavy atom. The van der Waals surface area contributed by atoms with Gasteiger partial charge in [-0.1, -0.05) is 0 Å². The number of carbonyl (C=O) groups excluding carboxylic acids is 1. The van der Waals surface area contributed by atoms with E-state index >= 15 is 4.79 Å². The fourth-order valence-electron chi connectivity index (χ4n) is 14.2. The zero-order valence-electron chi connectivity index (χ0n) is 20.8. The molecule has 1 amide bonds. The maximum absolute atomic E-state index is 15.4. The van der Waals surface area contributed by atoms with Gasteiger partial charge in [0, 0.05) is 11.1 Å². The Morgan fingerprint density at radius 3 is 0.939 bits per heavy atom. The second kappa shape index (κ2) is 6.23. The van der Waals surface area contributed by atoms with Crippen LogP contribution in [-0.4, -0.2) is 21.9 Å². The van der Waals surface area contributed by atoms with Crippen molar-refractivity contribution in [3.63, 3.8) is 0 Å². The smallest absolute Gasteiger partial charge is 0.229 e. The molecular weight excluding hydrogens is 402 g/mol. The van der Waals surface area contributed by atoms with Crippen LogP contribution in [0.3, 0.4) is 0 Å². The summed E-state index contributed by atoms with van der Waals surface area (Å²) in [6.07, 6.45) is 25.5. The zero-order valence-corrected chi connectivity index (χ0v) is 20.8. The Balaban J connectivity index is 1.17. The normalized spacial score (nSPS) is 61.2. The van der Waals surface area contributed by atoms with Crippen LogP contribution in [0.5, 0.6) is 0 Å². The molecule has 0 aromatic carbocycles. The first-order valence-corrected chi connectivity index (χ1v) is 15.3. The second-order valence-electron chi connectivity index (χ2n) is 16.1. The van der Waals surface area contributed by atoms with Crippen molar-refractivity contribution in [2.24, 2.45) is 58.7 Å². The summed E-state index contributed by atoms with van der Waals surface area (Å²) in [6, 6.07) is 0. The Hall–Kier alpha value is -0.530. The molecule has 0 atom stereocenters. The Bertz CT molecular complexity index is 736. The van der Waals surface area contributed by atoms with Gasteiger partial charge in [0.2, 0.25) is 5.91 Å². The van der Waals surface area contributed by atoms with Crippen LogP contribution in [0.4, 0.5) is 0 Å². The monoisotopic (exact) mass is 447 g/mol. The summed E-state index contributed by atoms with van der Waals surface area (Å²) in [5.74, 6) is 9.06. The van der Waals surface area contributed by atoms with E-state index in [2.05, 4.69) is 4.90 Å². The molecule has 12 rings (SSSR count). The van der Waals surface area contributed by atoms with E-state index in [1.807, 2.05) is 0 Å². The fraction of sp³-hybridized carbons (Fsp3) is 0.968. The van der Waals surface area contributed by atoms with Gasteiger partial charge in [-0.2, -0.15) is 0 Å². The number of hydrogen-bond acceptors (Lipinski definition) is 1. The van der Waals surface area contributed by atoms with Crippen molar-refractivity contribution in [2.75, 3.05) is 0 Å². The van der Waals surface area contributed by atoms with Gasteiger partial charge >= 0.3 is 0 Å². The number of carbonyl (C=O) groups is 1. The van der Waals surface area contributed by atoms with E-state index in [1.54, 1.807) is 0 Å². The predicted octanol–water partition coefficient (Wildman–Crippen LogP) is 6.97. The molecule has 12 aliphatic rings. The minimum Gasteiger partial charge on any atom is -0.331 e. The van der Waals surface area contributed by atoms with Gasteiger partial charge in [-0.3, -0.25) is 4.79 Å². The molecule has 12 aliphatic carbocycles. The van der Waals surface area contributed by atoms with E-state index in [9.17, 15) is 0 Å². The summed E-state index contributed by atoms with van der Waals surface area (Å²) in [7, 11) is 0. The van der Waals surface area contributed by atoms with Crippen molar-refractivity contribution < 1.29 is 4.79 Å². The molecular formula is C31H45NO. The van der Waals surface area contributed by atoms with E-state index < -0.39 is 0 Å². The first-order chi connectivity index (χ1) is 16.0. The third kappa shape index (κ3) is 2.60. The Labute approximate surface area is 201 Å². The molecule has 0 aliphatic heterocycles. The summed E-state index contributed by atoms with van der Waals surface area (Å²) in [4.78, 5) is 18.3. The average molecular weight is 448 g/mol. The molecule has 12 saturated carbocycles. The van der Waals surface area contributed by atoms with Crippen molar-refractivity contribution in [1.82, 2.24) is 4.90 Å². The topological polar surface area (TPSA) is 20.3 Å². The lowest BCUT2D eigenvalue weighted by Gasteiger charge is -2.70. The van der Waals surface area contributed by atoms with Gasteiger partial charge in [-0.05, 0) is 169 Å². The molecule has 2 nitrogen and oxygen atoms in total. The molecule has 33 heavy (non-hydrogen) atoms. The summed E-state index contributed by atoms with van der Waals surface area (Å²) in [5, 5.41) is 0. The third-order valence-electron chi connectivity index (χ3n) is 13.7. The highest BCUT2D eigenvalue weighted by molar-refractivity contribution is 5.85. The molecule has 0 radical (unpaired) electrons. The maximum atomic E-state index is 15.4. The van der Waals surface area contributed by atoms with Gasteiger partial charge in [0.25, 0.3) is 0 Å². The van der Waals surface area contributed by atoms with Gasteiger partial charge in [0.05, 0.1) is 5.41 Å². The van der Waals surface area contributed by atoms with Gasteiger partial charge in [-0.25, -0.2) is 0 Å². The van der Waals surface area contributed by atoms with Crippen LogP contribution in [0, 0.1) is 58.7 Å². The molecule has 0 saturated heterocycles. The molecule has 0 heterocycles. The summed E-state index contributed by atoms with van der Waals surface area (Å²) in [5.41, 5.74) is 0.586. The van der Waals surface area contributed by atoms with E-state index in [0.29, 0.717) is 0 Å². The predicted molar refractivity (Wildman–Crippen MR) is 129 cm³/mol. The highest BCUT2D eigenvalue weighted by Crippen LogP contribution is 2.67. The SMILES string of the molecule is O=C(N(C12CC3CC(CC(C3)C1)C2)C12CC3CC(CC(C3)C1)C2)C12CC3CC(CC(C3)C1)C2. The molecule has 12 bridgehead atoms. The molecule has 0 unspecified atom stereocenters. The summed E-state index contributed by atoms with van der Waals surface area (Å²) >= 11 is 0. The van der Waals surface area contributed by atoms with Crippen molar-refractivity contribution in [2.45, 2.75) is 127 Å². The Kier molecular flexibility index (Phi) is 3.71. The van der Waals surface area contributed by atoms with E-state index in [-0.39, 0.29) is 16.5 Å². The van der Waals surface area contributed by atoms with Gasteiger partial charge in [-0.15, -0.1) is 0 Å². The molecule has 2 heteroatoms. The quantitative estimate of drug-likeness (QED) is 0.457. The number of rotatable bonds is 3. The molecule has 0 aromatic rings. The number of amides is 1. The molecule has 12 fully saturated rings. The largest absolute Gasteiger partial charge is 0.331 e. The second-order valence-corrected chi connectivity index (χ2v) is 16.1. The lowest BCUT2D eigenvalue weighted by molar-refractivity contribution is -0.208. The van der Waals surface area contributed by atoms with Gasteiger partial charge in [0.1, 0.15) is 0 Å². The molecule has 180 valence electrons. The Morgan fingerprint density at radius 2 is 0.667 bits per heavy atom. The van der Waals surface area contributed by atoms with Gasteiger partial charge in [0.15, 0.2) is 0 Å². The average Bonchev–Trinajstić information content (AvgIpc) is 2.70. The zero-order chi connectivity index (χ0) is 21.6. The van der Waals surface area contributed by atoms with Crippen LogP contribution in [0.1, 0.15) is 116 Å². The van der Waals surface area contributed by atoms with Crippen LogP contribution in [-0.2, 0) is 4.79 Å². The lowest BCUT2D eigenvalue weighted by Crippen LogP contribution is -2.74. The van der Waals surface area contributed by atoms with Crippen molar-refractivity contribution in [3.8, 4) is 0 Å². The maximum Gasteiger partial charge on any atom is 0.229 e. The standard InChI is InChI=1S/C31H45NO/c33-28(29-10-19-1-20(11-29)3-21(2-19)12-29)32(30-13-22-4-23(14-30)6-24(5-22)15-30)31-16-25-7-26(17-31)9-27(8-25)18-31/h19-27H,1-18H2. The molecule has 0 aromatic heterocycles. The number of nitrogens with zero attached hydrogens (tertiary/aromatic N) is 1. The van der Waals surface area contributed by atoms with Crippen LogP contribution in [0.15, 0.2) is 0 Å². The summed E-state index contributed by atoms with van der Waals surface area (Å²) in [6.45, 7) is 0. The number of hydrogen-bond donors (Lipinski definition) is 0. The van der Waals surface area contributed by atoms with Crippen LogP contribution in [0.25, 0.3) is 0 Å². The van der Waals surface area contributed by atoms with Crippen LogP contribution in [0.2, 0.25) is 0 Å². The third-order valence-corrected chi connectivity index (χ3v) is 13.7. The van der Waals surface area contributed by atoms with Crippen molar-refractivity contribution >= 4 is 5.91 Å². The highest BCUT2D eigenvalue weighted by atomic mass is 16.2. The fourth-order valence-corrected chi connectivity index (χ4v) is 14.2. The minimum absolute atomic E-state index is 0.0570. The van der Waals surface area contributed by atoms with E-state index in [0.717, 1.165) is 59.2 Å². The molecule has 0 N–H and O–H groups in total. The first-order valence-electron chi connectivity index (χ1n) is 15.3. The highest BCUT2D eigenvalue weighted by Gasteiger charge is 2.66. The van der Waals surface area contributed by atoms with E-state index in [4.69, 9.17) is 0 Å². The van der Waals surface area contributed by atoms with Crippen molar-refractivity contribution in [1.29, 1.82) is 0 Å². The first kappa shape index (κ1) is 19.6. The minimum atomic E-state index is 0.0570. The van der Waals surface area contributed by atoms with E-state index in [1.165, 1.54) is 116 Å². The van der Waals surface area contributed by atoms with Crippen LogP contribution >= 0.6 is 0 Å². The van der Waals surface area contributed by atoms with Crippen LogP contribution < -0.4 is 0 Å².